The Kier molecular flexibility index (Phi) is 5.92. The number of hydrogen-bond donors (Lipinski definition) is 3. The highest BCUT2D eigenvalue weighted by molar-refractivity contribution is 7.83. The van der Waals surface area contributed by atoms with Crippen LogP contribution in [0.2, 0.25) is 0 Å². The molecule has 10 heteroatoms. The fraction of sp³-hybridized carbons (Fsp3) is 0.417. The van der Waals surface area contributed by atoms with Gasteiger partial charge in [-0.3, -0.25) is 9.35 Å². The molecule has 2 atom stereocenters. The van der Waals surface area contributed by atoms with E-state index in [4.69, 9.17) is 4.55 Å². The molecule has 0 aliphatic carbocycles. The van der Waals surface area contributed by atoms with Crippen LogP contribution in [0, 0.1) is 0 Å². The van der Waals surface area contributed by atoms with Gasteiger partial charge in [-0.05, 0) is 18.9 Å². The van der Waals surface area contributed by atoms with Crippen molar-refractivity contribution in [3.8, 4) is 0 Å². The summed E-state index contributed by atoms with van der Waals surface area (Å²) in [7, 11) is -4.56. The third-order valence-electron chi connectivity index (χ3n) is 2.72. The van der Waals surface area contributed by atoms with Crippen LogP contribution in [0.5, 0.6) is 0 Å². The molecule has 0 aliphatic rings. The van der Waals surface area contributed by atoms with E-state index >= 15 is 0 Å². The van der Waals surface area contributed by atoms with Crippen molar-refractivity contribution in [2.24, 2.45) is 0 Å². The molecule has 0 aromatic heterocycles. The third kappa shape index (κ3) is 6.41. The molecule has 0 spiro atoms. The minimum Gasteiger partial charge on any atom is -0.346 e. The molecule has 22 heavy (non-hydrogen) atoms. The van der Waals surface area contributed by atoms with Crippen LogP contribution in [0.3, 0.4) is 0 Å². The van der Waals surface area contributed by atoms with Crippen molar-refractivity contribution in [2.75, 3.05) is 0 Å². The average Bonchev–Trinajstić information content (AvgIpc) is 2.36. The van der Waals surface area contributed by atoms with Gasteiger partial charge in [0, 0.05) is 6.04 Å². The summed E-state index contributed by atoms with van der Waals surface area (Å²) in [4.78, 5) is 10.9. The van der Waals surface area contributed by atoms with Crippen LogP contribution >= 0.6 is 0 Å². The molecule has 0 saturated carbocycles. The molecule has 0 fully saturated rings. The molecule has 1 amide bonds. The monoisotopic (exact) mass is 340 g/mol. The molecule has 0 radical (unpaired) electrons. The number of rotatable bonds is 6. The number of carbonyl (C=O) groups excluding carboxylic acids is 1. The molecule has 124 valence electrons. The molecule has 2 unspecified atom stereocenters. The lowest BCUT2D eigenvalue weighted by Gasteiger charge is -2.22. The van der Waals surface area contributed by atoms with Gasteiger partial charge in [0.1, 0.15) is 0 Å². The van der Waals surface area contributed by atoms with Crippen molar-refractivity contribution < 1.29 is 30.9 Å². The van der Waals surface area contributed by atoms with Crippen LogP contribution in [-0.4, -0.2) is 31.1 Å². The van der Waals surface area contributed by atoms with E-state index < -0.39 is 34.5 Å². The molecule has 0 bridgehead atoms. The van der Waals surface area contributed by atoms with Crippen molar-refractivity contribution >= 4 is 16.2 Å². The molecule has 3 N–H and O–H groups in total. The lowest BCUT2D eigenvalue weighted by molar-refractivity contribution is -0.174. The molecule has 0 saturated heterocycles. The molecule has 1 aromatic rings. The van der Waals surface area contributed by atoms with Gasteiger partial charge in [-0.1, -0.05) is 30.3 Å². The number of carbonyl (C=O) groups is 1. The summed E-state index contributed by atoms with van der Waals surface area (Å²) in [6.45, 7) is 1.30. The van der Waals surface area contributed by atoms with Gasteiger partial charge < -0.3 is 5.32 Å². The third-order valence-corrected chi connectivity index (χ3v) is 3.30. The maximum Gasteiger partial charge on any atom is 0.471 e. The zero-order valence-electron chi connectivity index (χ0n) is 11.5. The van der Waals surface area contributed by atoms with E-state index in [1.54, 1.807) is 35.6 Å². The van der Waals surface area contributed by atoms with E-state index in [9.17, 15) is 26.4 Å². The number of nitrogens with one attached hydrogen (secondary N) is 2. The largest absolute Gasteiger partial charge is 0.471 e. The highest BCUT2D eigenvalue weighted by Gasteiger charge is 2.39. The van der Waals surface area contributed by atoms with Gasteiger partial charge in [0.05, 0.1) is 6.04 Å². The van der Waals surface area contributed by atoms with Crippen molar-refractivity contribution in [1.82, 2.24) is 10.0 Å². The standard InChI is InChI=1S/C12H15F3N2O4S/c1-8(16-11(18)12(13,14)15)7-10(17-22(19,20)21)9-5-3-2-4-6-9/h2-6,8,10,17H,7H2,1H3,(H,16,18)(H,19,20,21). The van der Waals surface area contributed by atoms with Gasteiger partial charge in [-0.2, -0.15) is 26.3 Å². The second-order valence-corrected chi connectivity index (χ2v) is 5.85. The van der Waals surface area contributed by atoms with E-state index in [1.165, 1.54) is 6.92 Å². The van der Waals surface area contributed by atoms with Gasteiger partial charge in [-0.25, -0.2) is 0 Å². The lowest BCUT2D eigenvalue weighted by atomic mass is 10.0. The zero-order chi connectivity index (χ0) is 17.0. The minimum absolute atomic E-state index is 0.175. The van der Waals surface area contributed by atoms with Crippen LogP contribution in [0.4, 0.5) is 13.2 Å². The van der Waals surface area contributed by atoms with E-state index in [0.29, 0.717) is 5.56 Å². The van der Waals surface area contributed by atoms with Gasteiger partial charge in [0.15, 0.2) is 0 Å². The summed E-state index contributed by atoms with van der Waals surface area (Å²) in [5.41, 5.74) is 0.438. The summed E-state index contributed by atoms with van der Waals surface area (Å²) < 4.78 is 69.2. The van der Waals surface area contributed by atoms with E-state index in [1.807, 2.05) is 4.72 Å². The number of halogens is 3. The van der Waals surface area contributed by atoms with Crippen molar-refractivity contribution in [3.63, 3.8) is 0 Å². The molecule has 0 aliphatic heterocycles. The highest BCUT2D eigenvalue weighted by atomic mass is 32.2. The second kappa shape index (κ2) is 7.07. The van der Waals surface area contributed by atoms with Crippen LogP contribution in [-0.2, 0) is 15.1 Å². The average molecular weight is 340 g/mol. The van der Waals surface area contributed by atoms with Crippen molar-refractivity contribution in [2.45, 2.75) is 31.6 Å². The Morgan fingerprint density at radius 1 is 1.27 bits per heavy atom. The predicted octanol–water partition coefficient (Wildman–Crippen LogP) is 1.58. The number of benzene rings is 1. The molecule has 1 aromatic carbocycles. The van der Waals surface area contributed by atoms with Gasteiger partial charge in [0.2, 0.25) is 0 Å². The lowest BCUT2D eigenvalue weighted by Crippen LogP contribution is -2.43. The molecular formula is C12H15F3N2O4S. The minimum atomic E-state index is -5.02. The quantitative estimate of drug-likeness (QED) is 0.685. The zero-order valence-corrected chi connectivity index (χ0v) is 12.3. The van der Waals surface area contributed by atoms with Crippen LogP contribution in [0.1, 0.15) is 24.9 Å². The Hall–Kier alpha value is -1.65. The summed E-state index contributed by atoms with van der Waals surface area (Å²) in [6.07, 6.45) is -5.20. The van der Waals surface area contributed by atoms with Crippen LogP contribution in [0.15, 0.2) is 30.3 Å². The second-order valence-electron chi connectivity index (χ2n) is 4.66. The first-order chi connectivity index (χ1) is 9.99. The SMILES string of the molecule is CC(CC(NS(=O)(=O)O)c1ccccc1)NC(=O)C(F)(F)F. The molecule has 1 rings (SSSR count). The van der Waals surface area contributed by atoms with Gasteiger partial charge >= 0.3 is 22.4 Å². The van der Waals surface area contributed by atoms with E-state index in [2.05, 4.69) is 0 Å². The smallest absolute Gasteiger partial charge is 0.346 e. The molecule has 0 heterocycles. The first-order valence-electron chi connectivity index (χ1n) is 6.16. The predicted molar refractivity (Wildman–Crippen MR) is 72.1 cm³/mol. The summed E-state index contributed by atoms with van der Waals surface area (Å²) in [5.74, 6) is -2.11. The maximum atomic E-state index is 12.2. The van der Waals surface area contributed by atoms with Gasteiger partial charge in [-0.15, -0.1) is 0 Å². The summed E-state index contributed by atoms with van der Waals surface area (Å²) in [5, 5.41) is 1.73. The number of hydrogen-bond acceptors (Lipinski definition) is 3. The Bertz CT molecular complexity index is 605. The molecule has 6 nitrogen and oxygen atoms in total. The van der Waals surface area contributed by atoms with E-state index in [0.717, 1.165) is 0 Å². The molecular weight excluding hydrogens is 325 g/mol. The summed E-state index contributed by atoms with van der Waals surface area (Å²) in [6, 6.07) is 6.00. The first-order valence-corrected chi connectivity index (χ1v) is 7.60. The highest BCUT2D eigenvalue weighted by Crippen LogP contribution is 2.20. The Balaban J connectivity index is 2.83. The van der Waals surface area contributed by atoms with Gasteiger partial charge in [0.25, 0.3) is 0 Å². The van der Waals surface area contributed by atoms with Crippen LogP contribution < -0.4 is 10.0 Å². The number of amides is 1. The maximum absolute atomic E-state index is 12.2. The fourth-order valence-electron chi connectivity index (χ4n) is 1.84. The fourth-order valence-corrected chi connectivity index (χ4v) is 2.43. The van der Waals surface area contributed by atoms with Crippen molar-refractivity contribution in [1.29, 1.82) is 0 Å². The Labute approximate surface area is 125 Å². The number of alkyl halides is 3. The van der Waals surface area contributed by atoms with Crippen molar-refractivity contribution in [3.05, 3.63) is 35.9 Å². The first kappa shape index (κ1) is 18.4. The van der Waals surface area contributed by atoms with E-state index in [-0.39, 0.29) is 6.42 Å². The Morgan fingerprint density at radius 3 is 2.27 bits per heavy atom. The Morgan fingerprint density at radius 2 is 1.82 bits per heavy atom. The van der Waals surface area contributed by atoms with Crippen LogP contribution in [0.25, 0.3) is 0 Å². The summed E-state index contributed by atoms with van der Waals surface area (Å²) >= 11 is 0. The topological polar surface area (TPSA) is 95.5 Å². The normalized spacial score (nSPS) is 15.1.